The number of rotatable bonds is 5. The summed E-state index contributed by atoms with van der Waals surface area (Å²) in [6.45, 7) is 5.21. The fourth-order valence-corrected chi connectivity index (χ4v) is 2.55. The summed E-state index contributed by atoms with van der Waals surface area (Å²) < 4.78 is 0. The molecule has 1 heterocycles. The van der Waals surface area contributed by atoms with Gasteiger partial charge < -0.3 is 10.6 Å². The van der Waals surface area contributed by atoms with Gasteiger partial charge in [-0.05, 0) is 43.9 Å². The van der Waals surface area contributed by atoms with Gasteiger partial charge in [0.2, 0.25) is 0 Å². The molecule has 2 nitrogen and oxygen atoms in total. The summed E-state index contributed by atoms with van der Waals surface area (Å²) in [5.41, 5.74) is 6.00. The van der Waals surface area contributed by atoms with E-state index in [0.717, 1.165) is 13.0 Å². The predicted octanol–water partition coefficient (Wildman–Crippen LogP) is 2.73. The molecule has 1 unspecified atom stereocenters. The minimum absolute atomic E-state index is 0.207. The topological polar surface area (TPSA) is 29.3 Å². The first kappa shape index (κ1) is 12.7. The zero-order chi connectivity index (χ0) is 11.5. The largest absolute Gasteiger partial charge is 0.330 e. The average molecular weight is 226 g/mol. The summed E-state index contributed by atoms with van der Waals surface area (Å²) in [4.78, 5) is 3.71. The summed E-state index contributed by atoms with van der Waals surface area (Å²) in [6.07, 6.45) is 1.11. The molecule has 0 aliphatic heterocycles. The van der Waals surface area contributed by atoms with Crippen molar-refractivity contribution in [2.45, 2.75) is 26.3 Å². The number of nitrogens with zero attached hydrogens (tertiary/aromatic N) is 1. The smallest absolute Gasteiger partial charge is 0.0440 e. The monoisotopic (exact) mass is 226 g/mol. The molecule has 0 saturated heterocycles. The highest BCUT2D eigenvalue weighted by Crippen LogP contribution is 2.34. The molecule has 1 aromatic rings. The van der Waals surface area contributed by atoms with Crippen LogP contribution in [0.15, 0.2) is 17.5 Å². The molecule has 1 rings (SSSR count). The number of nitrogens with two attached hydrogens (primary N) is 1. The van der Waals surface area contributed by atoms with Crippen LogP contribution >= 0.6 is 11.3 Å². The zero-order valence-electron chi connectivity index (χ0n) is 10.2. The Morgan fingerprint density at radius 3 is 2.53 bits per heavy atom. The molecule has 86 valence electrons. The molecule has 0 fully saturated rings. The van der Waals surface area contributed by atoms with Crippen molar-refractivity contribution in [3.05, 3.63) is 22.4 Å². The van der Waals surface area contributed by atoms with E-state index in [1.807, 2.05) is 11.3 Å². The lowest BCUT2D eigenvalue weighted by Crippen LogP contribution is -2.30. The van der Waals surface area contributed by atoms with E-state index < -0.39 is 0 Å². The minimum Gasteiger partial charge on any atom is -0.330 e. The van der Waals surface area contributed by atoms with Crippen LogP contribution < -0.4 is 5.73 Å². The molecule has 0 aromatic carbocycles. The van der Waals surface area contributed by atoms with E-state index in [-0.39, 0.29) is 5.41 Å². The van der Waals surface area contributed by atoms with Crippen LogP contribution in [0.5, 0.6) is 0 Å². The van der Waals surface area contributed by atoms with Crippen molar-refractivity contribution < 1.29 is 0 Å². The summed E-state index contributed by atoms with van der Waals surface area (Å²) in [7, 11) is 4.27. The lowest BCUT2D eigenvalue weighted by molar-refractivity contribution is 0.205. The van der Waals surface area contributed by atoms with Crippen LogP contribution in [-0.4, -0.2) is 25.5 Å². The van der Waals surface area contributed by atoms with Crippen LogP contribution in [0.4, 0.5) is 0 Å². The summed E-state index contributed by atoms with van der Waals surface area (Å²) in [5, 5.41) is 2.14. The van der Waals surface area contributed by atoms with Crippen molar-refractivity contribution in [3.8, 4) is 0 Å². The van der Waals surface area contributed by atoms with Gasteiger partial charge in [0, 0.05) is 10.9 Å². The van der Waals surface area contributed by atoms with E-state index in [4.69, 9.17) is 5.73 Å². The Kier molecular flexibility index (Phi) is 4.32. The van der Waals surface area contributed by atoms with Crippen LogP contribution in [-0.2, 0) is 0 Å². The molecule has 2 N–H and O–H groups in total. The van der Waals surface area contributed by atoms with Gasteiger partial charge in [0.15, 0.2) is 0 Å². The first-order valence-corrected chi connectivity index (χ1v) is 6.24. The highest BCUT2D eigenvalue weighted by molar-refractivity contribution is 7.10. The second-order valence-corrected chi connectivity index (χ2v) is 6.05. The van der Waals surface area contributed by atoms with Crippen LogP contribution in [0.25, 0.3) is 0 Å². The van der Waals surface area contributed by atoms with Crippen molar-refractivity contribution in [3.63, 3.8) is 0 Å². The maximum atomic E-state index is 5.79. The number of thiophene rings is 1. The first-order chi connectivity index (χ1) is 6.96. The number of hydrogen-bond acceptors (Lipinski definition) is 3. The van der Waals surface area contributed by atoms with Crippen molar-refractivity contribution in [1.29, 1.82) is 0 Å². The highest BCUT2D eigenvalue weighted by atomic mass is 32.1. The van der Waals surface area contributed by atoms with E-state index in [2.05, 4.69) is 50.4 Å². The minimum atomic E-state index is 0.207. The molecule has 0 aliphatic rings. The Morgan fingerprint density at radius 1 is 1.47 bits per heavy atom. The van der Waals surface area contributed by atoms with Gasteiger partial charge in [-0.1, -0.05) is 19.9 Å². The Hall–Kier alpha value is -0.380. The van der Waals surface area contributed by atoms with Crippen LogP contribution in [0.1, 0.15) is 31.2 Å². The standard InChI is InChI=1S/C12H22N2S/c1-12(2,9-13)8-10(14(3)4)11-6-5-7-15-11/h5-7,10H,8-9,13H2,1-4H3. The molecule has 3 heteroatoms. The molecule has 0 amide bonds. The fraction of sp³-hybridized carbons (Fsp3) is 0.667. The third kappa shape index (κ3) is 3.59. The molecule has 0 radical (unpaired) electrons. The molecule has 0 aliphatic carbocycles. The van der Waals surface area contributed by atoms with E-state index in [9.17, 15) is 0 Å². The quantitative estimate of drug-likeness (QED) is 0.836. The lowest BCUT2D eigenvalue weighted by atomic mass is 9.85. The predicted molar refractivity (Wildman–Crippen MR) is 68.2 cm³/mol. The fourth-order valence-electron chi connectivity index (χ4n) is 1.63. The third-order valence-electron chi connectivity index (χ3n) is 2.79. The van der Waals surface area contributed by atoms with Gasteiger partial charge in [-0.2, -0.15) is 0 Å². The van der Waals surface area contributed by atoms with Crippen LogP contribution in [0, 0.1) is 5.41 Å². The van der Waals surface area contributed by atoms with Gasteiger partial charge in [-0.3, -0.25) is 0 Å². The van der Waals surface area contributed by atoms with E-state index in [1.165, 1.54) is 4.88 Å². The molecule has 0 saturated carbocycles. The van der Waals surface area contributed by atoms with E-state index >= 15 is 0 Å². The molecule has 0 spiro atoms. The van der Waals surface area contributed by atoms with Gasteiger partial charge in [0.1, 0.15) is 0 Å². The second kappa shape index (κ2) is 5.10. The SMILES string of the molecule is CN(C)C(CC(C)(C)CN)c1cccs1. The van der Waals surface area contributed by atoms with Crippen molar-refractivity contribution in [2.24, 2.45) is 11.1 Å². The summed E-state index contributed by atoms with van der Waals surface area (Å²) in [5.74, 6) is 0. The van der Waals surface area contributed by atoms with Crippen molar-refractivity contribution in [1.82, 2.24) is 4.90 Å². The molecular weight excluding hydrogens is 204 g/mol. The summed E-state index contributed by atoms with van der Waals surface area (Å²) >= 11 is 1.83. The van der Waals surface area contributed by atoms with Gasteiger partial charge in [0.25, 0.3) is 0 Å². The normalized spacial score (nSPS) is 14.5. The lowest BCUT2D eigenvalue weighted by Gasteiger charge is -2.32. The second-order valence-electron chi connectivity index (χ2n) is 5.07. The average Bonchev–Trinajstić information content (AvgIpc) is 2.66. The molecule has 15 heavy (non-hydrogen) atoms. The molecule has 1 atom stereocenters. The Balaban J connectivity index is 2.77. The highest BCUT2D eigenvalue weighted by Gasteiger charge is 2.25. The zero-order valence-corrected chi connectivity index (χ0v) is 11.0. The molecular formula is C12H22N2S. The van der Waals surface area contributed by atoms with Gasteiger partial charge in [0.05, 0.1) is 0 Å². The van der Waals surface area contributed by atoms with Crippen molar-refractivity contribution >= 4 is 11.3 Å². The first-order valence-electron chi connectivity index (χ1n) is 5.36. The Labute approximate surface area is 97.1 Å². The van der Waals surface area contributed by atoms with Gasteiger partial charge >= 0.3 is 0 Å². The number of hydrogen-bond donors (Lipinski definition) is 1. The summed E-state index contributed by atoms with van der Waals surface area (Å²) in [6, 6.07) is 4.82. The third-order valence-corrected chi connectivity index (χ3v) is 3.77. The Bertz CT molecular complexity index is 278. The molecule has 0 bridgehead atoms. The van der Waals surface area contributed by atoms with Gasteiger partial charge in [-0.25, -0.2) is 0 Å². The Morgan fingerprint density at radius 2 is 2.13 bits per heavy atom. The van der Waals surface area contributed by atoms with Crippen LogP contribution in [0.3, 0.4) is 0 Å². The van der Waals surface area contributed by atoms with Crippen LogP contribution in [0.2, 0.25) is 0 Å². The molecule has 1 aromatic heterocycles. The van der Waals surface area contributed by atoms with E-state index in [0.29, 0.717) is 6.04 Å². The van der Waals surface area contributed by atoms with Gasteiger partial charge in [-0.15, -0.1) is 11.3 Å². The van der Waals surface area contributed by atoms with Crippen molar-refractivity contribution in [2.75, 3.05) is 20.6 Å². The maximum absolute atomic E-state index is 5.79. The maximum Gasteiger partial charge on any atom is 0.0440 e. The van der Waals surface area contributed by atoms with E-state index in [1.54, 1.807) is 0 Å².